The van der Waals surface area contributed by atoms with Crippen molar-refractivity contribution < 1.29 is 14.7 Å². The Hall–Kier alpha value is -1.86. The van der Waals surface area contributed by atoms with Crippen LogP contribution in [-0.2, 0) is 0 Å². The molecule has 0 aliphatic carbocycles. The van der Waals surface area contributed by atoms with Gasteiger partial charge in [0.05, 0.1) is 11.6 Å². The van der Waals surface area contributed by atoms with Crippen molar-refractivity contribution in [2.75, 3.05) is 5.32 Å². The van der Waals surface area contributed by atoms with Gasteiger partial charge >= 0.3 is 12.0 Å². The van der Waals surface area contributed by atoms with Crippen LogP contribution in [-0.4, -0.2) is 17.1 Å². The quantitative estimate of drug-likeness (QED) is 0.809. The van der Waals surface area contributed by atoms with Crippen molar-refractivity contribution in [2.24, 2.45) is 0 Å². The van der Waals surface area contributed by atoms with E-state index >= 15 is 0 Å². The van der Waals surface area contributed by atoms with Gasteiger partial charge < -0.3 is 10.4 Å². The fraction of sp³-hybridized carbons (Fsp3) is 0.167. The third kappa shape index (κ3) is 3.33. The van der Waals surface area contributed by atoms with Crippen LogP contribution in [0.2, 0.25) is 0 Å². The summed E-state index contributed by atoms with van der Waals surface area (Å²) in [6, 6.07) is 4.78. The largest absolute Gasteiger partial charge is 0.478 e. The molecule has 7 heteroatoms. The van der Waals surface area contributed by atoms with Crippen LogP contribution in [0.5, 0.6) is 0 Å². The summed E-state index contributed by atoms with van der Waals surface area (Å²) in [6.45, 7) is 1.87. The Labute approximate surface area is 117 Å². The van der Waals surface area contributed by atoms with Gasteiger partial charge in [-0.3, -0.25) is 5.32 Å². The molecule has 0 bridgehead atoms. The number of hydrogen-bond acceptors (Lipinski definition) is 4. The van der Waals surface area contributed by atoms with E-state index in [4.69, 9.17) is 5.11 Å². The molecule has 0 fully saturated rings. The molecule has 19 heavy (non-hydrogen) atoms. The smallest absolute Gasteiger partial charge is 0.338 e. The molecular weight excluding hydrogens is 284 g/mol. The maximum absolute atomic E-state index is 11.8. The Morgan fingerprint density at radius 1 is 1.26 bits per heavy atom. The summed E-state index contributed by atoms with van der Waals surface area (Å²) in [5.74, 6) is -1.05. The van der Waals surface area contributed by atoms with E-state index in [1.165, 1.54) is 17.4 Å². The number of carboxylic acids is 1. The Kier molecular flexibility index (Phi) is 4.18. The van der Waals surface area contributed by atoms with Crippen LogP contribution in [0.3, 0.4) is 0 Å². The van der Waals surface area contributed by atoms with Crippen molar-refractivity contribution in [3.63, 3.8) is 0 Å². The monoisotopic (exact) mass is 296 g/mol. The predicted octanol–water partition coefficient (Wildman–Crippen LogP) is 3.39. The molecule has 0 aromatic carbocycles. The molecule has 3 N–H and O–H groups in total. The first-order valence-electron chi connectivity index (χ1n) is 5.49. The van der Waals surface area contributed by atoms with Crippen molar-refractivity contribution in [3.05, 3.63) is 39.4 Å². The molecule has 100 valence electrons. The molecule has 0 radical (unpaired) electrons. The van der Waals surface area contributed by atoms with Gasteiger partial charge in [0.1, 0.15) is 5.00 Å². The number of hydrogen-bond donors (Lipinski definition) is 3. The van der Waals surface area contributed by atoms with E-state index < -0.39 is 12.0 Å². The molecule has 2 amide bonds. The molecule has 5 nitrogen and oxygen atoms in total. The Balaban J connectivity index is 1.98. The summed E-state index contributed by atoms with van der Waals surface area (Å²) in [4.78, 5) is 23.7. The lowest BCUT2D eigenvalue weighted by molar-refractivity contribution is 0.0698. The second-order valence-corrected chi connectivity index (χ2v) is 5.70. The Bertz CT molecular complexity index is 578. The van der Waals surface area contributed by atoms with E-state index in [9.17, 15) is 9.59 Å². The van der Waals surface area contributed by atoms with E-state index in [2.05, 4.69) is 10.6 Å². The number of thiophene rings is 2. The highest BCUT2D eigenvalue weighted by Crippen LogP contribution is 2.23. The summed E-state index contributed by atoms with van der Waals surface area (Å²) in [6.07, 6.45) is 0. The fourth-order valence-electron chi connectivity index (χ4n) is 1.52. The van der Waals surface area contributed by atoms with Gasteiger partial charge in [-0.15, -0.1) is 22.7 Å². The van der Waals surface area contributed by atoms with Crippen LogP contribution in [0.1, 0.15) is 28.2 Å². The Morgan fingerprint density at radius 3 is 2.68 bits per heavy atom. The number of rotatable bonds is 4. The van der Waals surface area contributed by atoms with Crippen molar-refractivity contribution in [3.8, 4) is 0 Å². The zero-order valence-corrected chi connectivity index (χ0v) is 11.7. The van der Waals surface area contributed by atoms with E-state index in [0.717, 1.165) is 4.88 Å². The highest BCUT2D eigenvalue weighted by atomic mass is 32.1. The molecule has 2 aromatic rings. The van der Waals surface area contributed by atoms with Crippen molar-refractivity contribution in [1.29, 1.82) is 0 Å². The number of aromatic carboxylic acids is 1. The number of amides is 2. The molecule has 0 aliphatic rings. The minimum absolute atomic E-state index is 0.101. The van der Waals surface area contributed by atoms with Gasteiger partial charge in [0, 0.05) is 4.88 Å². The molecule has 0 unspecified atom stereocenters. The molecule has 0 spiro atoms. The third-order valence-electron chi connectivity index (χ3n) is 2.44. The standard InChI is InChI=1S/C12H12N2O3S2/c1-7(9-3-2-5-18-9)13-12(17)14-10-8(11(15)16)4-6-19-10/h2-7H,1H3,(H,15,16)(H2,13,14,17)/t7-/m0/s1. The average molecular weight is 296 g/mol. The van der Waals surface area contributed by atoms with Crippen molar-refractivity contribution >= 4 is 39.7 Å². The predicted molar refractivity (Wildman–Crippen MR) is 76.2 cm³/mol. The highest BCUT2D eigenvalue weighted by molar-refractivity contribution is 7.14. The molecule has 0 aliphatic heterocycles. The molecule has 2 rings (SSSR count). The topological polar surface area (TPSA) is 78.4 Å². The van der Waals surface area contributed by atoms with Gasteiger partial charge in [0.15, 0.2) is 0 Å². The molecule has 1 atom stereocenters. The lowest BCUT2D eigenvalue weighted by Gasteiger charge is -2.12. The molecular formula is C12H12N2O3S2. The number of urea groups is 1. The van der Waals surface area contributed by atoms with Gasteiger partial charge in [-0.1, -0.05) is 6.07 Å². The first-order chi connectivity index (χ1) is 9.08. The lowest BCUT2D eigenvalue weighted by Crippen LogP contribution is -2.30. The van der Waals surface area contributed by atoms with Gasteiger partial charge in [0.2, 0.25) is 0 Å². The average Bonchev–Trinajstić information content (AvgIpc) is 2.98. The van der Waals surface area contributed by atoms with Gasteiger partial charge in [-0.05, 0) is 29.8 Å². The summed E-state index contributed by atoms with van der Waals surface area (Å²) < 4.78 is 0. The summed E-state index contributed by atoms with van der Waals surface area (Å²) in [5.41, 5.74) is 0.101. The molecule has 0 saturated heterocycles. The second kappa shape index (κ2) is 5.85. The third-order valence-corrected chi connectivity index (χ3v) is 4.33. The summed E-state index contributed by atoms with van der Waals surface area (Å²) in [7, 11) is 0. The molecule has 2 aromatic heterocycles. The van der Waals surface area contributed by atoms with Crippen LogP contribution in [0.25, 0.3) is 0 Å². The van der Waals surface area contributed by atoms with Crippen LogP contribution in [0.15, 0.2) is 29.0 Å². The van der Waals surface area contributed by atoms with E-state index in [-0.39, 0.29) is 11.6 Å². The van der Waals surface area contributed by atoms with E-state index in [0.29, 0.717) is 5.00 Å². The number of carbonyl (C=O) groups excluding carboxylic acids is 1. The maximum Gasteiger partial charge on any atom is 0.338 e. The number of nitrogens with one attached hydrogen (secondary N) is 2. The van der Waals surface area contributed by atoms with E-state index in [1.54, 1.807) is 16.7 Å². The zero-order valence-electron chi connectivity index (χ0n) is 10.0. The van der Waals surface area contributed by atoms with Gasteiger partial charge in [-0.2, -0.15) is 0 Å². The minimum Gasteiger partial charge on any atom is -0.478 e. The fourth-order valence-corrected chi connectivity index (χ4v) is 3.03. The Morgan fingerprint density at radius 2 is 2.05 bits per heavy atom. The van der Waals surface area contributed by atoms with Crippen LogP contribution in [0.4, 0.5) is 9.80 Å². The van der Waals surface area contributed by atoms with Gasteiger partial charge in [-0.25, -0.2) is 9.59 Å². The normalized spacial score (nSPS) is 11.8. The zero-order chi connectivity index (χ0) is 13.8. The van der Waals surface area contributed by atoms with Crippen LogP contribution in [0, 0.1) is 0 Å². The molecule has 0 saturated carbocycles. The van der Waals surface area contributed by atoms with Gasteiger partial charge in [0.25, 0.3) is 0 Å². The summed E-state index contributed by atoms with van der Waals surface area (Å²) >= 11 is 2.74. The lowest BCUT2D eigenvalue weighted by atomic mass is 10.3. The molecule has 2 heterocycles. The maximum atomic E-state index is 11.8. The van der Waals surface area contributed by atoms with Crippen molar-refractivity contribution in [2.45, 2.75) is 13.0 Å². The van der Waals surface area contributed by atoms with Crippen LogP contribution >= 0.6 is 22.7 Å². The first-order valence-corrected chi connectivity index (χ1v) is 7.25. The first kappa shape index (κ1) is 13.6. The highest BCUT2D eigenvalue weighted by Gasteiger charge is 2.15. The summed E-state index contributed by atoms with van der Waals surface area (Å²) in [5, 5.41) is 18.2. The van der Waals surface area contributed by atoms with E-state index in [1.807, 2.05) is 24.4 Å². The number of carboxylic acid groups (broad SMARTS) is 1. The number of anilines is 1. The van der Waals surface area contributed by atoms with Crippen LogP contribution < -0.4 is 10.6 Å². The SMILES string of the molecule is C[C@H](NC(=O)Nc1sccc1C(=O)O)c1cccs1. The number of carbonyl (C=O) groups is 2. The van der Waals surface area contributed by atoms with Crippen molar-refractivity contribution in [1.82, 2.24) is 5.32 Å². The minimum atomic E-state index is -1.05. The second-order valence-electron chi connectivity index (χ2n) is 3.80.